The maximum Gasteiger partial charge on any atom is 0.0237 e. The summed E-state index contributed by atoms with van der Waals surface area (Å²) in [5, 5.41) is 3.48. The lowest BCUT2D eigenvalue weighted by molar-refractivity contribution is 0.199. The van der Waals surface area contributed by atoms with Crippen LogP contribution in [-0.2, 0) is 6.54 Å². The third-order valence-electron chi connectivity index (χ3n) is 3.73. The summed E-state index contributed by atoms with van der Waals surface area (Å²) >= 11 is 0. The Morgan fingerprint density at radius 3 is 2.50 bits per heavy atom. The molecule has 0 aliphatic carbocycles. The highest BCUT2D eigenvalue weighted by Crippen LogP contribution is 2.16. The Kier molecular flexibility index (Phi) is 4.79. The Bertz CT molecular complexity index is 360. The molecule has 1 aliphatic rings. The molecule has 18 heavy (non-hydrogen) atoms. The van der Waals surface area contributed by atoms with Crippen LogP contribution >= 0.6 is 0 Å². The maximum absolute atomic E-state index is 3.48. The third-order valence-corrected chi connectivity index (χ3v) is 3.73. The molecule has 1 aromatic carbocycles. The lowest BCUT2D eigenvalue weighted by Gasteiger charge is -2.28. The Balaban J connectivity index is 2.07. The van der Waals surface area contributed by atoms with Crippen molar-refractivity contribution in [1.82, 2.24) is 10.2 Å². The zero-order valence-corrected chi connectivity index (χ0v) is 12.0. The first kappa shape index (κ1) is 13.6. The van der Waals surface area contributed by atoms with Crippen LogP contribution in [0, 0.1) is 13.8 Å². The number of aryl methyl sites for hydroxylation is 2. The van der Waals surface area contributed by atoms with Crippen molar-refractivity contribution in [3.05, 3.63) is 34.9 Å². The molecule has 100 valence electrons. The summed E-state index contributed by atoms with van der Waals surface area (Å²) in [5.41, 5.74) is 4.23. The highest BCUT2D eigenvalue weighted by atomic mass is 15.2. The predicted molar refractivity (Wildman–Crippen MR) is 77.9 cm³/mol. The summed E-state index contributed by atoms with van der Waals surface area (Å²) < 4.78 is 0. The van der Waals surface area contributed by atoms with Gasteiger partial charge in [-0.05, 0) is 45.3 Å². The van der Waals surface area contributed by atoms with Gasteiger partial charge in [0.15, 0.2) is 0 Å². The normalized spacial score (nSPS) is 19.7. The molecule has 1 N–H and O–H groups in total. The predicted octanol–water partition coefficient (Wildman–Crippen LogP) is 2.88. The molecule has 1 saturated heterocycles. The summed E-state index contributed by atoms with van der Waals surface area (Å²) in [7, 11) is 0. The molecule has 2 heteroatoms. The number of rotatable bonds is 5. The lowest BCUT2D eigenvalue weighted by atomic mass is 10.1. The van der Waals surface area contributed by atoms with E-state index in [1.165, 1.54) is 42.6 Å². The molecule has 1 aliphatic heterocycles. The molecule has 0 bridgehead atoms. The van der Waals surface area contributed by atoms with Crippen molar-refractivity contribution in [2.45, 2.75) is 46.2 Å². The van der Waals surface area contributed by atoms with Crippen LogP contribution in [0.5, 0.6) is 0 Å². The van der Waals surface area contributed by atoms with E-state index < -0.39 is 0 Å². The zero-order chi connectivity index (χ0) is 13.0. The van der Waals surface area contributed by atoms with Gasteiger partial charge in [0.25, 0.3) is 0 Å². The van der Waals surface area contributed by atoms with E-state index in [2.05, 4.69) is 49.2 Å². The molecule has 1 heterocycles. The zero-order valence-electron chi connectivity index (χ0n) is 12.0. The molecule has 0 unspecified atom stereocenters. The van der Waals surface area contributed by atoms with Crippen LogP contribution in [0.2, 0.25) is 0 Å². The fraction of sp³-hybridized carbons (Fsp3) is 0.625. The van der Waals surface area contributed by atoms with E-state index in [-0.39, 0.29) is 0 Å². The largest absolute Gasteiger partial charge is 0.315 e. The van der Waals surface area contributed by atoms with Crippen molar-refractivity contribution >= 4 is 0 Å². The first-order chi connectivity index (χ1) is 8.69. The van der Waals surface area contributed by atoms with Crippen LogP contribution in [0.3, 0.4) is 0 Å². The number of hydrogen-bond donors (Lipinski definition) is 1. The van der Waals surface area contributed by atoms with Crippen molar-refractivity contribution in [1.29, 1.82) is 0 Å². The van der Waals surface area contributed by atoms with E-state index in [0.717, 1.165) is 19.1 Å². The van der Waals surface area contributed by atoms with Gasteiger partial charge in [-0.15, -0.1) is 0 Å². The van der Waals surface area contributed by atoms with E-state index in [1.807, 2.05) is 0 Å². The summed E-state index contributed by atoms with van der Waals surface area (Å²) in [6, 6.07) is 7.65. The standard InChI is InChI=1S/C16H26N2/c1-4-7-18(16-5-6-17-11-16)12-15-9-13(2)8-14(3)10-15/h8-10,16-17H,4-7,11-12H2,1-3H3/t16-/m0/s1. The highest BCUT2D eigenvalue weighted by molar-refractivity contribution is 5.28. The van der Waals surface area contributed by atoms with Gasteiger partial charge in [0.1, 0.15) is 0 Å². The van der Waals surface area contributed by atoms with Crippen LogP contribution in [-0.4, -0.2) is 30.6 Å². The highest BCUT2D eigenvalue weighted by Gasteiger charge is 2.21. The van der Waals surface area contributed by atoms with Crippen LogP contribution in [0.25, 0.3) is 0 Å². The fourth-order valence-electron chi connectivity index (χ4n) is 3.02. The average molecular weight is 246 g/mol. The van der Waals surface area contributed by atoms with E-state index >= 15 is 0 Å². The average Bonchev–Trinajstić information content (AvgIpc) is 2.80. The summed E-state index contributed by atoms with van der Waals surface area (Å²) in [4.78, 5) is 2.65. The molecule has 0 spiro atoms. The monoisotopic (exact) mass is 246 g/mol. The Morgan fingerprint density at radius 1 is 1.22 bits per heavy atom. The molecule has 2 nitrogen and oxygen atoms in total. The molecule has 1 atom stereocenters. The number of benzene rings is 1. The minimum Gasteiger partial charge on any atom is -0.315 e. The fourth-order valence-corrected chi connectivity index (χ4v) is 3.02. The van der Waals surface area contributed by atoms with E-state index in [9.17, 15) is 0 Å². The third kappa shape index (κ3) is 3.56. The molecule has 0 radical (unpaired) electrons. The van der Waals surface area contributed by atoms with Crippen LogP contribution in [0.1, 0.15) is 36.5 Å². The van der Waals surface area contributed by atoms with E-state index in [1.54, 1.807) is 0 Å². The smallest absolute Gasteiger partial charge is 0.0237 e. The summed E-state index contributed by atoms with van der Waals surface area (Å²) in [5.74, 6) is 0. The number of hydrogen-bond acceptors (Lipinski definition) is 2. The van der Waals surface area contributed by atoms with Crippen LogP contribution in [0.15, 0.2) is 18.2 Å². The van der Waals surface area contributed by atoms with Gasteiger partial charge in [-0.1, -0.05) is 36.2 Å². The molecule has 2 rings (SSSR count). The molecule has 1 aromatic rings. The molecule has 0 amide bonds. The van der Waals surface area contributed by atoms with Crippen LogP contribution < -0.4 is 5.32 Å². The first-order valence-corrected chi connectivity index (χ1v) is 7.21. The molecular formula is C16H26N2. The first-order valence-electron chi connectivity index (χ1n) is 7.21. The SMILES string of the molecule is CCCN(Cc1cc(C)cc(C)c1)[C@H]1CCNC1. The van der Waals surface area contributed by atoms with E-state index in [0.29, 0.717) is 0 Å². The Hall–Kier alpha value is -0.860. The van der Waals surface area contributed by atoms with Gasteiger partial charge in [0.05, 0.1) is 0 Å². The second-order valence-corrected chi connectivity index (χ2v) is 5.61. The number of nitrogens with one attached hydrogen (secondary N) is 1. The van der Waals surface area contributed by atoms with Gasteiger partial charge < -0.3 is 5.32 Å². The maximum atomic E-state index is 3.48. The summed E-state index contributed by atoms with van der Waals surface area (Å²) in [6.07, 6.45) is 2.53. The minimum atomic E-state index is 0.728. The van der Waals surface area contributed by atoms with Gasteiger partial charge in [-0.25, -0.2) is 0 Å². The second kappa shape index (κ2) is 6.35. The Labute approximate surface area is 111 Å². The lowest BCUT2D eigenvalue weighted by Crippen LogP contribution is -2.36. The van der Waals surface area contributed by atoms with Crippen molar-refractivity contribution in [3.63, 3.8) is 0 Å². The van der Waals surface area contributed by atoms with Gasteiger partial charge >= 0.3 is 0 Å². The van der Waals surface area contributed by atoms with Crippen molar-refractivity contribution in [2.24, 2.45) is 0 Å². The molecule has 1 fully saturated rings. The van der Waals surface area contributed by atoms with Crippen molar-refractivity contribution < 1.29 is 0 Å². The van der Waals surface area contributed by atoms with Gasteiger partial charge in [-0.3, -0.25) is 4.90 Å². The molecule has 0 aromatic heterocycles. The van der Waals surface area contributed by atoms with Crippen molar-refractivity contribution in [2.75, 3.05) is 19.6 Å². The van der Waals surface area contributed by atoms with Gasteiger partial charge in [-0.2, -0.15) is 0 Å². The van der Waals surface area contributed by atoms with E-state index in [4.69, 9.17) is 0 Å². The topological polar surface area (TPSA) is 15.3 Å². The van der Waals surface area contributed by atoms with Gasteiger partial charge in [0.2, 0.25) is 0 Å². The molecule has 0 saturated carbocycles. The summed E-state index contributed by atoms with van der Waals surface area (Å²) in [6.45, 7) is 11.3. The van der Waals surface area contributed by atoms with Gasteiger partial charge in [0, 0.05) is 19.1 Å². The second-order valence-electron chi connectivity index (χ2n) is 5.61. The number of nitrogens with zero attached hydrogens (tertiary/aromatic N) is 1. The molecular weight excluding hydrogens is 220 g/mol. The minimum absolute atomic E-state index is 0.728. The quantitative estimate of drug-likeness (QED) is 0.859. The van der Waals surface area contributed by atoms with Crippen molar-refractivity contribution in [3.8, 4) is 0 Å². The Morgan fingerprint density at radius 2 is 1.94 bits per heavy atom. The van der Waals surface area contributed by atoms with Crippen LogP contribution in [0.4, 0.5) is 0 Å².